The molecule has 3 unspecified atom stereocenters. The van der Waals surface area contributed by atoms with Crippen LogP contribution < -0.4 is 0 Å². The maximum atomic E-state index is 13.4. The van der Waals surface area contributed by atoms with Gasteiger partial charge in [0.15, 0.2) is 0 Å². The number of carbonyl (C=O) groups excluding carboxylic acids is 1. The summed E-state index contributed by atoms with van der Waals surface area (Å²) in [5.74, 6) is 0.0868. The molecule has 3 atom stereocenters. The lowest BCUT2D eigenvalue weighted by molar-refractivity contribution is -0.829. The molecule has 2 heterocycles. The number of allylic oxidation sites excluding steroid dienone is 3. The van der Waals surface area contributed by atoms with Crippen LogP contribution >= 0.6 is 0 Å². The zero-order chi connectivity index (χ0) is 24.7. The second kappa shape index (κ2) is 12.1. The molecule has 0 radical (unpaired) electrons. The Kier molecular flexibility index (Phi) is 9.46. The monoisotopic (exact) mass is 484 g/mol. The molecule has 0 N–H and O–H groups in total. The summed E-state index contributed by atoms with van der Waals surface area (Å²) in [5, 5.41) is 0.186. The van der Waals surface area contributed by atoms with Crippen molar-refractivity contribution in [3.63, 3.8) is 0 Å². The van der Waals surface area contributed by atoms with Crippen molar-refractivity contribution in [2.45, 2.75) is 56.2 Å². The maximum Gasteiger partial charge on any atom is 0.322 e. The Hall–Kier alpha value is -2.02. The molecule has 0 fully saturated rings. The van der Waals surface area contributed by atoms with Crippen molar-refractivity contribution in [1.29, 1.82) is 0 Å². The fourth-order valence-corrected chi connectivity index (χ4v) is 6.15. The van der Waals surface area contributed by atoms with Gasteiger partial charge in [-0.15, -0.1) is 0 Å². The third-order valence-corrected chi connectivity index (χ3v) is 8.90. The lowest BCUT2D eigenvalue weighted by atomic mass is 9.99. The van der Waals surface area contributed by atoms with Gasteiger partial charge in [-0.2, -0.15) is 0 Å². The molecular formula is C28H42N3O2S+. The van der Waals surface area contributed by atoms with Gasteiger partial charge in [0.25, 0.3) is 0 Å². The van der Waals surface area contributed by atoms with Crippen LogP contribution in [-0.2, 0) is 22.1 Å². The predicted octanol–water partition coefficient (Wildman–Crippen LogP) is 4.70. The minimum atomic E-state index is -1.00. The third-order valence-electron chi connectivity index (χ3n) is 6.98. The van der Waals surface area contributed by atoms with Gasteiger partial charge in [0.1, 0.15) is 12.5 Å². The number of quaternary nitrogens is 1. The number of nitrogens with zero attached hydrogens (tertiary/aromatic N) is 3. The zero-order valence-corrected chi connectivity index (χ0v) is 22.4. The Morgan fingerprint density at radius 3 is 2.65 bits per heavy atom. The van der Waals surface area contributed by atoms with Crippen molar-refractivity contribution in [2.24, 2.45) is 5.92 Å². The van der Waals surface area contributed by atoms with Gasteiger partial charge in [-0.05, 0) is 64.0 Å². The Morgan fingerprint density at radius 2 is 1.97 bits per heavy atom. The van der Waals surface area contributed by atoms with Gasteiger partial charge in [-0.3, -0.25) is 8.69 Å². The molecule has 2 aliphatic rings. The topological polar surface area (TPSA) is 40.6 Å². The summed E-state index contributed by atoms with van der Waals surface area (Å²) in [6, 6.07) is 8.08. The third kappa shape index (κ3) is 6.77. The molecular weight excluding hydrogens is 442 g/mol. The van der Waals surface area contributed by atoms with E-state index in [-0.39, 0.29) is 21.6 Å². The average Bonchev–Trinajstić information content (AvgIpc) is 2.85. The van der Waals surface area contributed by atoms with E-state index < -0.39 is 10.8 Å². The van der Waals surface area contributed by atoms with Crippen molar-refractivity contribution in [2.75, 3.05) is 40.8 Å². The number of amides is 1. The van der Waals surface area contributed by atoms with E-state index in [1.807, 2.05) is 38.4 Å². The van der Waals surface area contributed by atoms with E-state index in [4.69, 9.17) is 0 Å². The molecule has 34 heavy (non-hydrogen) atoms. The number of rotatable bonds is 11. The minimum Gasteiger partial charge on any atom is -0.347 e. The highest BCUT2D eigenvalue weighted by Crippen LogP contribution is 2.26. The van der Waals surface area contributed by atoms with Crippen LogP contribution in [0.2, 0.25) is 0 Å². The van der Waals surface area contributed by atoms with Crippen LogP contribution in [0.1, 0.15) is 45.1 Å². The number of carbonyl (C=O) groups is 1. The standard InChI is InChI=1S/C28H42N3O2S/c1-6-26(12-10-19-29(3)7-2)34(33)27-17-13-23(14-18-27)22-31(4,5)28(32)24-15-16-25-11-8-9-20-30(25)21-24/h9,11,13-18,20,24,26H,6-8,10,12,19,21-22H2,1-5H3/q+1. The summed E-state index contributed by atoms with van der Waals surface area (Å²) >= 11 is 0. The second-order valence-corrected chi connectivity index (χ2v) is 11.8. The predicted molar refractivity (Wildman–Crippen MR) is 141 cm³/mol. The molecule has 1 aromatic rings. The van der Waals surface area contributed by atoms with E-state index in [0.717, 1.165) is 49.2 Å². The van der Waals surface area contributed by atoms with Crippen LogP contribution in [0.15, 0.2) is 65.4 Å². The van der Waals surface area contributed by atoms with E-state index in [1.54, 1.807) is 0 Å². The summed E-state index contributed by atoms with van der Waals surface area (Å²) in [6.07, 6.45) is 14.4. The van der Waals surface area contributed by atoms with Gasteiger partial charge in [0.05, 0.1) is 24.9 Å². The molecule has 6 heteroatoms. The molecule has 1 amide bonds. The SMILES string of the molecule is CCC(CCCN(C)CC)S(=O)c1ccc(C[N+](C)(C)C(=O)C2C=CC3=CCC=CN3C2)cc1. The smallest absolute Gasteiger partial charge is 0.322 e. The number of benzene rings is 1. The van der Waals surface area contributed by atoms with Gasteiger partial charge in [-0.1, -0.05) is 44.2 Å². The molecule has 2 aliphatic heterocycles. The molecule has 0 spiro atoms. The van der Waals surface area contributed by atoms with Gasteiger partial charge in [0.2, 0.25) is 0 Å². The highest BCUT2D eigenvalue weighted by Gasteiger charge is 2.35. The summed E-state index contributed by atoms with van der Waals surface area (Å²) in [6.45, 7) is 7.70. The van der Waals surface area contributed by atoms with Crippen LogP contribution in [0.25, 0.3) is 0 Å². The van der Waals surface area contributed by atoms with Crippen LogP contribution in [0.5, 0.6) is 0 Å². The quantitative estimate of drug-likeness (QED) is 0.427. The van der Waals surface area contributed by atoms with Crippen molar-refractivity contribution >= 4 is 16.7 Å². The summed E-state index contributed by atoms with van der Waals surface area (Å²) in [4.78, 5) is 18.7. The first-order valence-corrected chi connectivity index (χ1v) is 13.8. The number of fused-ring (bicyclic) bond motifs is 1. The van der Waals surface area contributed by atoms with Crippen LogP contribution in [0.4, 0.5) is 0 Å². The minimum absolute atomic E-state index is 0.126. The number of hydrogen-bond donors (Lipinski definition) is 0. The maximum absolute atomic E-state index is 13.4. The van der Waals surface area contributed by atoms with Crippen LogP contribution in [-0.4, -0.2) is 70.4 Å². The van der Waals surface area contributed by atoms with E-state index in [1.165, 1.54) is 5.70 Å². The van der Waals surface area contributed by atoms with E-state index in [9.17, 15) is 9.00 Å². The normalized spacial score (nSPS) is 19.6. The Morgan fingerprint density at radius 1 is 1.24 bits per heavy atom. The molecule has 0 bridgehead atoms. The Bertz CT molecular complexity index is 949. The lowest BCUT2D eigenvalue weighted by Gasteiger charge is -2.35. The first-order chi connectivity index (χ1) is 16.2. The van der Waals surface area contributed by atoms with Crippen LogP contribution in [0, 0.1) is 5.92 Å². The van der Waals surface area contributed by atoms with Gasteiger partial charge in [0, 0.05) is 34.2 Å². The highest BCUT2D eigenvalue weighted by atomic mass is 32.2. The highest BCUT2D eigenvalue weighted by molar-refractivity contribution is 7.85. The largest absolute Gasteiger partial charge is 0.347 e. The van der Waals surface area contributed by atoms with Gasteiger partial charge >= 0.3 is 5.91 Å². The lowest BCUT2D eigenvalue weighted by Crippen LogP contribution is -2.50. The van der Waals surface area contributed by atoms with Crippen molar-refractivity contribution in [3.05, 3.63) is 66.0 Å². The fraction of sp³-hybridized carbons (Fsp3) is 0.536. The van der Waals surface area contributed by atoms with Gasteiger partial charge in [-0.25, -0.2) is 4.79 Å². The summed E-state index contributed by atoms with van der Waals surface area (Å²) in [5.41, 5.74) is 2.28. The second-order valence-electron chi connectivity index (χ2n) is 10.1. The van der Waals surface area contributed by atoms with E-state index in [2.05, 4.69) is 61.2 Å². The molecule has 3 rings (SSSR count). The molecule has 1 aromatic carbocycles. The van der Waals surface area contributed by atoms with E-state index in [0.29, 0.717) is 13.1 Å². The molecule has 186 valence electrons. The van der Waals surface area contributed by atoms with Gasteiger partial charge < -0.3 is 9.80 Å². The average molecular weight is 485 g/mol. The summed E-state index contributed by atoms with van der Waals surface area (Å²) in [7, 11) is 5.10. The molecule has 0 saturated carbocycles. The summed E-state index contributed by atoms with van der Waals surface area (Å²) < 4.78 is 13.5. The first kappa shape index (κ1) is 26.6. The Balaban J connectivity index is 1.60. The Labute approximate surface area is 208 Å². The molecule has 5 nitrogen and oxygen atoms in total. The van der Waals surface area contributed by atoms with Crippen molar-refractivity contribution in [3.8, 4) is 0 Å². The first-order valence-electron chi connectivity index (χ1n) is 12.6. The van der Waals surface area contributed by atoms with Crippen molar-refractivity contribution < 1.29 is 13.5 Å². The molecule has 0 aromatic heterocycles. The van der Waals surface area contributed by atoms with E-state index >= 15 is 0 Å². The van der Waals surface area contributed by atoms with Crippen molar-refractivity contribution in [1.82, 2.24) is 9.80 Å². The molecule has 0 saturated heterocycles. The number of hydrogen-bond acceptors (Lipinski definition) is 4. The zero-order valence-electron chi connectivity index (χ0n) is 21.6. The van der Waals surface area contributed by atoms with Crippen LogP contribution in [0.3, 0.4) is 0 Å². The molecule has 0 aliphatic carbocycles. The fourth-order valence-electron chi connectivity index (χ4n) is 4.67.